The highest BCUT2D eigenvalue weighted by atomic mass is 19.3. The second-order valence-electron chi connectivity index (χ2n) is 4.00. The first-order valence-electron chi connectivity index (χ1n) is 4.91. The average Bonchev–Trinajstić information content (AvgIpc) is 2.40. The van der Waals surface area contributed by atoms with E-state index in [1.165, 1.54) is 4.68 Å². The quantitative estimate of drug-likeness (QED) is 0.787. The Bertz CT molecular complexity index is 527. The molecule has 0 fully saturated rings. The molecule has 0 aromatic carbocycles. The van der Waals surface area contributed by atoms with Crippen LogP contribution in [-0.4, -0.2) is 25.7 Å². The number of fused-ring (bicyclic) bond motifs is 1. The van der Waals surface area contributed by atoms with Crippen LogP contribution < -0.4 is 0 Å². The Morgan fingerprint density at radius 2 is 2.06 bits per heavy atom. The van der Waals surface area contributed by atoms with Crippen molar-refractivity contribution in [3.05, 3.63) is 17.6 Å². The van der Waals surface area contributed by atoms with Gasteiger partial charge in [-0.2, -0.15) is 5.10 Å². The molecule has 0 atom stereocenters. The average molecular weight is 226 g/mol. The molecule has 0 amide bonds. The summed E-state index contributed by atoms with van der Waals surface area (Å²) >= 11 is 0. The Morgan fingerprint density at radius 3 is 2.69 bits per heavy atom. The number of hydrogen-bond donors (Lipinski definition) is 0. The summed E-state index contributed by atoms with van der Waals surface area (Å²) in [5, 5.41) is 4.03. The third-order valence-corrected chi connectivity index (χ3v) is 2.16. The van der Waals surface area contributed by atoms with E-state index in [0.717, 1.165) is 6.92 Å². The molecule has 4 nitrogen and oxygen atoms in total. The van der Waals surface area contributed by atoms with E-state index in [9.17, 15) is 8.78 Å². The van der Waals surface area contributed by atoms with E-state index in [0.29, 0.717) is 22.6 Å². The van der Waals surface area contributed by atoms with Gasteiger partial charge in [-0.1, -0.05) is 0 Å². The summed E-state index contributed by atoms with van der Waals surface area (Å²) in [5.74, 6) is -2.81. The van der Waals surface area contributed by atoms with Crippen molar-refractivity contribution in [1.29, 1.82) is 0 Å². The molecule has 0 spiro atoms. The molecule has 86 valence electrons. The molecule has 0 N–H and O–H groups in total. The fraction of sp³-hybridized carbons (Fsp3) is 0.500. The lowest BCUT2D eigenvalue weighted by Gasteiger charge is -2.10. The van der Waals surface area contributed by atoms with Crippen molar-refractivity contribution in [2.45, 2.75) is 33.2 Å². The normalized spacial score (nSPS) is 12.3. The largest absolute Gasteiger partial charge is 0.264 e. The molecule has 16 heavy (non-hydrogen) atoms. The predicted molar refractivity (Wildman–Crippen MR) is 55.4 cm³/mol. The van der Waals surface area contributed by atoms with Gasteiger partial charge in [-0.3, -0.25) is 0 Å². The second kappa shape index (κ2) is 3.47. The molecule has 2 heterocycles. The molecule has 0 saturated carbocycles. The first-order valence-corrected chi connectivity index (χ1v) is 4.91. The van der Waals surface area contributed by atoms with Crippen molar-refractivity contribution in [1.82, 2.24) is 19.7 Å². The highest BCUT2D eigenvalue weighted by Crippen LogP contribution is 2.19. The van der Waals surface area contributed by atoms with Gasteiger partial charge >= 0.3 is 0 Å². The summed E-state index contributed by atoms with van der Waals surface area (Å²) in [5.41, 5.74) is 2.30. The predicted octanol–water partition coefficient (Wildman–Crippen LogP) is 2.10. The number of aromatic nitrogens is 4. The smallest absolute Gasteiger partial charge is 0.249 e. The van der Waals surface area contributed by atoms with Crippen LogP contribution in [0.25, 0.3) is 11.2 Å². The van der Waals surface area contributed by atoms with E-state index in [1.807, 2.05) is 0 Å². The zero-order chi connectivity index (χ0) is 11.9. The van der Waals surface area contributed by atoms with Gasteiger partial charge < -0.3 is 0 Å². The molecule has 2 aromatic rings. The van der Waals surface area contributed by atoms with Crippen LogP contribution in [0, 0.1) is 13.8 Å². The third kappa shape index (κ3) is 2.00. The highest BCUT2D eigenvalue weighted by molar-refractivity contribution is 5.73. The maximum absolute atomic E-state index is 12.9. The van der Waals surface area contributed by atoms with Crippen LogP contribution in [0.1, 0.15) is 18.3 Å². The van der Waals surface area contributed by atoms with Crippen molar-refractivity contribution < 1.29 is 8.78 Å². The van der Waals surface area contributed by atoms with E-state index in [4.69, 9.17) is 0 Å². The number of aryl methyl sites for hydroxylation is 2. The Balaban J connectivity index is 2.57. The van der Waals surface area contributed by atoms with E-state index < -0.39 is 12.5 Å². The molecule has 0 aliphatic rings. The van der Waals surface area contributed by atoms with E-state index >= 15 is 0 Å². The number of halogens is 2. The van der Waals surface area contributed by atoms with Crippen molar-refractivity contribution >= 4 is 11.2 Å². The van der Waals surface area contributed by atoms with Crippen LogP contribution in [-0.2, 0) is 6.54 Å². The van der Waals surface area contributed by atoms with Gasteiger partial charge in [-0.15, -0.1) is 0 Å². The van der Waals surface area contributed by atoms with Gasteiger partial charge in [0.05, 0.1) is 11.4 Å². The molecular formula is C10H12F2N4. The Hall–Kier alpha value is -1.59. The van der Waals surface area contributed by atoms with Crippen LogP contribution in [0.3, 0.4) is 0 Å². The van der Waals surface area contributed by atoms with Crippen molar-refractivity contribution in [3.63, 3.8) is 0 Å². The summed E-state index contributed by atoms with van der Waals surface area (Å²) in [4.78, 5) is 8.33. The molecule has 2 rings (SSSR count). The van der Waals surface area contributed by atoms with Crippen molar-refractivity contribution in [3.8, 4) is 0 Å². The monoisotopic (exact) mass is 226 g/mol. The van der Waals surface area contributed by atoms with Gasteiger partial charge in [0.15, 0.2) is 5.65 Å². The molecular weight excluding hydrogens is 214 g/mol. The van der Waals surface area contributed by atoms with Crippen LogP contribution in [0.5, 0.6) is 0 Å². The summed E-state index contributed by atoms with van der Waals surface area (Å²) in [6, 6.07) is 0. The lowest BCUT2D eigenvalue weighted by Crippen LogP contribution is -2.20. The molecule has 0 radical (unpaired) electrons. The zero-order valence-corrected chi connectivity index (χ0v) is 9.33. The molecule has 2 aromatic heterocycles. The lowest BCUT2D eigenvalue weighted by molar-refractivity contribution is 0.00159. The third-order valence-electron chi connectivity index (χ3n) is 2.16. The van der Waals surface area contributed by atoms with E-state index in [2.05, 4.69) is 15.1 Å². The SMILES string of the molecule is Cc1cnc2c(C)nn(CC(C)(F)F)c2n1. The number of rotatable bonds is 2. The number of hydrogen-bond acceptors (Lipinski definition) is 3. The minimum atomic E-state index is -2.81. The van der Waals surface area contributed by atoms with Crippen LogP contribution in [0.2, 0.25) is 0 Å². The van der Waals surface area contributed by atoms with E-state index in [1.54, 1.807) is 20.0 Å². The minimum Gasteiger partial charge on any atom is -0.249 e. The molecule has 0 aliphatic carbocycles. The zero-order valence-electron chi connectivity index (χ0n) is 9.33. The molecule has 0 aliphatic heterocycles. The number of alkyl halides is 2. The maximum Gasteiger partial charge on any atom is 0.264 e. The topological polar surface area (TPSA) is 43.6 Å². The minimum absolute atomic E-state index is 0.416. The Morgan fingerprint density at radius 1 is 1.38 bits per heavy atom. The van der Waals surface area contributed by atoms with Crippen LogP contribution in [0.4, 0.5) is 8.78 Å². The summed E-state index contributed by atoms with van der Waals surface area (Å²) in [6.45, 7) is 3.88. The summed E-state index contributed by atoms with van der Waals surface area (Å²) < 4.78 is 27.1. The second-order valence-corrected chi connectivity index (χ2v) is 4.00. The molecule has 0 unspecified atom stereocenters. The van der Waals surface area contributed by atoms with Gasteiger partial charge in [0.25, 0.3) is 5.92 Å². The van der Waals surface area contributed by atoms with Crippen LogP contribution in [0.15, 0.2) is 6.20 Å². The first kappa shape index (κ1) is 10.9. The summed E-state index contributed by atoms with van der Waals surface area (Å²) in [7, 11) is 0. The molecule has 0 saturated heterocycles. The van der Waals surface area contributed by atoms with E-state index in [-0.39, 0.29) is 0 Å². The van der Waals surface area contributed by atoms with Gasteiger partial charge in [0.1, 0.15) is 12.1 Å². The van der Waals surface area contributed by atoms with Crippen molar-refractivity contribution in [2.75, 3.05) is 0 Å². The highest BCUT2D eigenvalue weighted by Gasteiger charge is 2.24. The van der Waals surface area contributed by atoms with Gasteiger partial charge in [0, 0.05) is 13.1 Å². The van der Waals surface area contributed by atoms with Crippen LogP contribution >= 0.6 is 0 Å². The fourth-order valence-electron chi connectivity index (χ4n) is 1.55. The Kier molecular flexibility index (Phi) is 2.36. The standard InChI is InChI=1S/C10H12F2N4/c1-6-4-13-8-7(2)15-16(9(8)14-6)5-10(3,11)12/h4H,5H2,1-3H3. The molecule has 6 heteroatoms. The number of nitrogens with zero attached hydrogens (tertiary/aromatic N) is 4. The van der Waals surface area contributed by atoms with Gasteiger partial charge in [0.2, 0.25) is 0 Å². The first-order chi connectivity index (χ1) is 7.37. The van der Waals surface area contributed by atoms with Gasteiger partial charge in [-0.25, -0.2) is 23.4 Å². The molecule has 0 bridgehead atoms. The van der Waals surface area contributed by atoms with Crippen molar-refractivity contribution in [2.24, 2.45) is 0 Å². The summed E-state index contributed by atoms with van der Waals surface area (Å²) in [6.07, 6.45) is 1.60. The van der Waals surface area contributed by atoms with Gasteiger partial charge in [-0.05, 0) is 13.8 Å². The fourth-order valence-corrected chi connectivity index (χ4v) is 1.55. The Labute approximate surface area is 91.3 Å². The lowest BCUT2D eigenvalue weighted by atomic mass is 10.4. The maximum atomic E-state index is 12.9.